The number of methoxy groups -OCH3 is 1. The van der Waals surface area contributed by atoms with Gasteiger partial charge in [0.1, 0.15) is 17.3 Å². The summed E-state index contributed by atoms with van der Waals surface area (Å²) in [6, 6.07) is 13.4. The number of nitrogens with zero attached hydrogens (tertiary/aromatic N) is 2. The molecule has 1 heterocycles. The van der Waals surface area contributed by atoms with Crippen LogP contribution >= 0.6 is 0 Å². The summed E-state index contributed by atoms with van der Waals surface area (Å²) in [7, 11) is 0.0770. The maximum absolute atomic E-state index is 13.5. The molecule has 0 aromatic heterocycles. The van der Waals surface area contributed by atoms with Crippen LogP contribution in [-0.2, 0) is 25.1 Å². The minimum absolute atomic E-state index is 0.0136. The summed E-state index contributed by atoms with van der Waals surface area (Å²) < 4.78 is 44.2. The van der Waals surface area contributed by atoms with Crippen LogP contribution in [0, 0.1) is 0 Å². The van der Waals surface area contributed by atoms with Crippen molar-refractivity contribution in [2.45, 2.75) is 24.3 Å². The first-order valence-electron chi connectivity index (χ1n) is 13.6. The number of carbonyl (C=O) groups is 2. The zero-order chi connectivity index (χ0) is 30.7. The Morgan fingerprint density at radius 2 is 1.74 bits per heavy atom. The predicted molar refractivity (Wildman–Crippen MR) is 161 cm³/mol. The number of amides is 1. The second-order valence-corrected chi connectivity index (χ2v) is 12.9. The van der Waals surface area contributed by atoms with Crippen molar-refractivity contribution < 1.29 is 32.2 Å². The molecule has 0 saturated carbocycles. The number of rotatable bonds is 11. The number of nitrogens with one attached hydrogen (secondary N) is 1. The third-order valence-electron chi connectivity index (χ3n) is 7.11. The minimum Gasteiger partial charge on any atom is -0.493 e. The van der Waals surface area contributed by atoms with Gasteiger partial charge in [0.2, 0.25) is 10.0 Å². The molecule has 0 aliphatic carbocycles. The summed E-state index contributed by atoms with van der Waals surface area (Å²) in [5.41, 5.74) is 5.95. The predicted octanol–water partition coefficient (Wildman–Crippen LogP) is 2.82. The van der Waals surface area contributed by atoms with Gasteiger partial charge in [0, 0.05) is 50.2 Å². The average Bonchev–Trinajstić information content (AvgIpc) is 2.96. The summed E-state index contributed by atoms with van der Waals surface area (Å²) in [5.74, 6) is -1.26. The van der Waals surface area contributed by atoms with Crippen molar-refractivity contribution in [1.82, 2.24) is 9.21 Å². The van der Waals surface area contributed by atoms with Crippen molar-refractivity contribution >= 4 is 38.2 Å². The Balaban J connectivity index is 1.64. The quantitative estimate of drug-likeness (QED) is 0.252. The number of fused-ring (bicyclic) bond motifs is 1. The topological polar surface area (TPSA) is 140 Å². The number of benzene rings is 3. The van der Waals surface area contributed by atoms with Crippen LogP contribution in [0.15, 0.2) is 53.4 Å². The Morgan fingerprint density at radius 3 is 2.36 bits per heavy atom. The molecule has 0 spiro atoms. The van der Waals surface area contributed by atoms with Crippen molar-refractivity contribution in [2.24, 2.45) is 5.73 Å². The molecule has 0 radical (unpaired) electrons. The Kier molecular flexibility index (Phi) is 9.53. The first kappa shape index (κ1) is 31.4. The Bertz CT molecular complexity index is 1580. The molecule has 1 saturated heterocycles. The molecule has 0 bridgehead atoms. The molecular weight excluding hydrogens is 560 g/mol. The van der Waals surface area contributed by atoms with Crippen LogP contribution in [0.25, 0.3) is 10.8 Å². The van der Waals surface area contributed by atoms with Crippen molar-refractivity contribution in [3.8, 4) is 11.5 Å². The molecule has 3 aromatic rings. The molecule has 0 atom stereocenters. The number of carbonyl (C=O) groups excluding carboxylic acids is 2. The number of nitrogens with two attached hydrogens (primary N) is 1. The first-order chi connectivity index (χ1) is 19.8. The van der Waals surface area contributed by atoms with Crippen LogP contribution in [0.5, 0.6) is 11.5 Å². The molecule has 12 heteroatoms. The standard InChI is InChI=1S/C30H38N4O7S/c1-30(2,31)20-18-24(28(39-5)26(19-20)42(37,38)33(3)4)32-29(36)27(35)23-10-11-25(22-9-7-6-8-21(22)23)41-17-14-34-12-15-40-16-13-34/h6-11,18-19H,12-17,31H2,1-5H3,(H,32,36). The molecule has 1 aliphatic rings. The number of hydrogen-bond donors (Lipinski definition) is 2. The van der Waals surface area contributed by atoms with E-state index in [1.165, 1.54) is 33.3 Å². The molecule has 0 unspecified atom stereocenters. The highest BCUT2D eigenvalue weighted by Gasteiger charge is 2.30. The van der Waals surface area contributed by atoms with Gasteiger partial charge < -0.3 is 25.3 Å². The maximum atomic E-state index is 13.5. The van der Waals surface area contributed by atoms with Crippen molar-refractivity contribution in [3.05, 3.63) is 59.7 Å². The van der Waals surface area contributed by atoms with Gasteiger partial charge in [0.05, 0.1) is 26.0 Å². The van der Waals surface area contributed by atoms with Crippen LogP contribution in [0.4, 0.5) is 5.69 Å². The molecule has 3 aromatic carbocycles. The fourth-order valence-corrected chi connectivity index (χ4v) is 5.77. The smallest absolute Gasteiger partial charge is 0.296 e. The summed E-state index contributed by atoms with van der Waals surface area (Å²) in [6.07, 6.45) is 0. The van der Waals surface area contributed by atoms with E-state index in [4.69, 9.17) is 19.9 Å². The van der Waals surface area contributed by atoms with Gasteiger partial charge in [0.15, 0.2) is 5.75 Å². The second kappa shape index (κ2) is 12.8. The van der Waals surface area contributed by atoms with Crippen LogP contribution in [0.1, 0.15) is 29.8 Å². The van der Waals surface area contributed by atoms with Gasteiger partial charge in [-0.15, -0.1) is 0 Å². The zero-order valence-corrected chi connectivity index (χ0v) is 25.4. The van der Waals surface area contributed by atoms with Gasteiger partial charge in [-0.05, 0) is 49.1 Å². The molecule has 11 nitrogen and oxygen atoms in total. The van der Waals surface area contributed by atoms with E-state index < -0.39 is 27.3 Å². The third-order valence-corrected chi connectivity index (χ3v) is 8.93. The van der Waals surface area contributed by atoms with Gasteiger partial charge in [-0.2, -0.15) is 0 Å². The molecule has 3 N–H and O–H groups in total. The average molecular weight is 599 g/mol. The number of anilines is 1. The number of ether oxygens (including phenoxy) is 3. The number of Topliss-reactive ketones (excluding diaryl/α,β-unsaturated/α-hetero) is 1. The fraction of sp³-hybridized carbons (Fsp3) is 0.400. The van der Waals surface area contributed by atoms with Gasteiger partial charge in [-0.25, -0.2) is 12.7 Å². The van der Waals surface area contributed by atoms with Crippen LogP contribution in [-0.4, -0.2) is 90.0 Å². The Labute approximate surface area is 246 Å². The Morgan fingerprint density at radius 1 is 1.07 bits per heavy atom. The Hall–Kier alpha value is -3.55. The second-order valence-electron chi connectivity index (χ2n) is 10.8. The molecule has 4 rings (SSSR count). The third kappa shape index (κ3) is 6.74. The summed E-state index contributed by atoms with van der Waals surface area (Å²) in [5, 5.41) is 3.83. The monoisotopic (exact) mass is 598 g/mol. The highest BCUT2D eigenvalue weighted by molar-refractivity contribution is 7.89. The van der Waals surface area contributed by atoms with Gasteiger partial charge in [-0.3, -0.25) is 14.5 Å². The van der Waals surface area contributed by atoms with Crippen LogP contribution in [0.2, 0.25) is 0 Å². The van der Waals surface area contributed by atoms with Crippen molar-refractivity contribution in [2.75, 3.05) is 66.0 Å². The number of hydrogen-bond acceptors (Lipinski definition) is 9. The normalized spacial score (nSPS) is 14.6. The van der Waals surface area contributed by atoms with E-state index in [9.17, 15) is 18.0 Å². The molecule has 1 aliphatic heterocycles. The van der Waals surface area contributed by atoms with E-state index in [0.29, 0.717) is 41.9 Å². The lowest BCUT2D eigenvalue weighted by Crippen LogP contribution is -2.38. The largest absolute Gasteiger partial charge is 0.493 e. The lowest BCUT2D eigenvalue weighted by Gasteiger charge is -2.26. The molecular formula is C30H38N4O7S. The number of sulfonamides is 1. The molecule has 42 heavy (non-hydrogen) atoms. The SMILES string of the molecule is COc1c(NC(=O)C(=O)c2ccc(OCCN3CCOCC3)c3ccccc23)cc(C(C)(C)N)cc1S(=O)(=O)N(C)C. The zero-order valence-electron chi connectivity index (χ0n) is 24.6. The van der Waals surface area contributed by atoms with Crippen LogP contribution < -0.4 is 20.5 Å². The first-order valence-corrected chi connectivity index (χ1v) is 15.0. The summed E-state index contributed by atoms with van der Waals surface area (Å²) in [4.78, 5) is 28.9. The molecule has 226 valence electrons. The minimum atomic E-state index is -3.99. The highest BCUT2D eigenvalue weighted by Crippen LogP contribution is 2.38. The lowest BCUT2D eigenvalue weighted by molar-refractivity contribution is -0.112. The number of morpholine rings is 1. The maximum Gasteiger partial charge on any atom is 0.296 e. The highest BCUT2D eigenvalue weighted by atomic mass is 32.2. The van der Waals surface area contributed by atoms with E-state index in [0.717, 1.165) is 23.9 Å². The van der Waals surface area contributed by atoms with E-state index >= 15 is 0 Å². The van der Waals surface area contributed by atoms with E-state index in [2.05, 4.69) is 10.2 Å². The summed E-state index contributed by atoms with van der Waals surface area (Å²) in [6.45, 7) is 7.72. The van der Waals surface area contributed by atoms with Crippen LogP contribution in [0.3, 0.4) is 0 Å². The van der Waals surface area contributed by atoms with Crippen molar-refractivity contribution in [1.29, 1.82) is 0 Å². The molecule has 1 amide bonds. The summed E-state index contributed by atoms with van der Waals surface area (Å²) >= 11 is 0. The van der Waals surface area contributed by atoms with E-state index in [1.807, 2.05) is 12.1 Å². The van der Waals surface area contributed by atoms with E-state index in [-0.39, 0.29) is 21.9 Å². The number of ketones is 1. The van der Waals surface area contributed by atoms with Gasteiger partial charge in [-0.1, -0.05) is 24.3 Å². The van der Waals surface area contributed by atoms with E-state index in [1.54, 1.807) is 38.1 Å². The lowest BCUT2D eigenvalue weighted by atomic mass is 9.95. The fourth-order valence-electron chi connectivity index (χ4n) is 4.67. The van der Waals surface area contributed by atoms with Crippen molar-refractivity contribution in [3.63, 3.8) is 0 Å². The van der Waals surface area contributed by atoms with Gasteiger partial charge in [0.25, 0.3) is 11.7 Å². The molecule has 1 fully saturated rings. The van der Waals surface area contributed by atoms with Gasteiger partial charge >= 0.3 is 0 Å².